The number of carbonyl (C=O) groups is 1. The van der Waals surface area contributed by atoms with E-state index in [9.17, 15) is 4.79 Å². The molecule has 1 aliphatic carbocycles. The van der Waals surface area contributed by atoms with E-state index in [1.165, 1.54) is 0 Å². The zero-order valence-corrected chi connectivity index (χ0v) is 19.8. The Bertz CT molecular complexity index is 1420. The normalized spacial score (nSPS) is 17.0. The van der Waals surface area contributed by atoms with Crippen molar-refractivity contribution in [2.45, 2.75) is 45.6 Å². The lowest BCUT2D eigenvalue weighted by molar-refractivity contribution is -0.133. The summed E-state index contributed by atoms with van der Waals surface area (Å²) in [7, 11) is 1.63. The first-order valence-electron chi connectivity index (χ1n) is 12.0. The molecule has 0 atom stereocenters. The Morgan fingerprint density at radius 1 is 1.00 bits per heavy atom. The highest BCUT2D eigenvalue weighted by Crippen LogP contribution is 2.35. The highest BCUT2D eigenvalue weighted by molar-refractivity contribution is 6.00. The number of methoxy groups -OCH3 is 1. The molecule has 8 nitrogen and oxygen atoms in total. The Balaban J connectivity index is 1.40. The van der Waals surface area contributed by atoms with Gasteiger partial charge in [0.25, 0.3) is 0 Å². The third-order valence-corrected chi connectivity index (χ3v) is 7.13. The number of nitrogens with zero attached hydrogens (tertiary/aromatic N) is 6. The van der Waals surface area contributed by atoms with Crippen LogP contribution in [-0.4, -0.2) is 55.5 Å². The van der Waals surface area contributed by atoms with Gasteiger partial charge in [-0.15, -0.1) is 0 Å². The van der Waals surface area contributed by atoms with Gasteiger partial charge in [0.05, 0.1) is 30.0 Å². The number of hydrogen-bond acceptors (Lipinski definition) is 6. The summed E-state index contributed by atoms with van der Waals surface area (Å²) in [5, 5.41) is 0. The van der Waals surface area contributed by atoms with Crippen LogP contribution < -0.4 is 4.74 Å². The first-order valence-corrected chi connectivity index (χ1v) is 12.0. The topological polar surface area (TPSA) is 86.0 Å². The van der Waals surface area contributed by atoms with Crippen molar-refractivity contribution in [2.24, 2.45) is 5.92 Å². The van der Waals surface area contributed by atoms with Crippen LogP contribution in [-0.2, 0) is 4.79 Å². The van der Waals surface area contributed by atoms with Crippen molar-refractivity contribution in [3.8, 4) is 17.1 Å². The molecule has 1 saturated heterocycles. The number of likely N-dealkylation sites (tertiary alicyclic amines) is 1. The van der Waals surface area contributed by atoms with Gasteiger partial charge in [0, 0.05) is 42.4 Å². The van der Waals surface area contributed by atoms with Crippen LogP contribution in [0.5, 0.6) is 5.88 Å². The molecule has 0 radical (unpaired) electrons. The number of amides is 1. The standard InChI is InChI=1S/C26H28N6O2/c1-15-12-18(13-28-25(15)34-3)20-6-7-21-23(30-20)24-22(14-27-21)29-16(2)32(24)19-8-10-31(11-9-19)26(33)17-4-5-17/h6-7,12-14,17,19H,4-5,8-11H2,1-3H3. The Labute approximate surface area is 198 Å². The van der Waals surface area contributed by atoms with Gasteiger partial charge in [0.2, 0.25) is 11.8 Å². The maximum atomic E-state index is 12.5. The molecule has 0 bridgehead atoms. The Morgan fingerprint density at radius 2 is 1.79 bits per heavy atom. The zero-order valence-electron chi connectivity index (χ0n) is 19.8. The minimum Gasteiger partial charge on any atom is -0.481 e. The first-order chi connectivity index (χ1) is 16.5. The summed E-state index contributed by atoms with van der Waals surface area (Å²) in [4.78, 5) is 33.5. The van der Waals surface area contributed by atoms with Gasteiger partial charge in [-0.25, -0.2) is 15.0 Å². The fraction of sp³-hybridized carbons (Fsp3) is 0.423. The molecular weight excluding hydrogens is 428 g/mol. The summed E-state index contributed by atoms with van der Waals surface area (Å²) in [6.45, 7) is 5.64. The number of hydrogen-bond donors (Lipinski definition) is 0. The number of pyridine rings is 3. The minimum atomic E-state index is 0.279. The molecule has 2 aliphatic rings. The molecule has 1 amide bonds. The highest BCUT2D eigenvalue weighted by atomic mass is 16.5. The van der Waals surface area contributed by atoms with Crippen LogP contribution in [0, 0.1) is 19.8 Å². The zero-order chi connectivity index (χ0) is 23.4. The van der Waals surface area contributed by atoms with Gasteiger partial charge in [-0.3, -0.25) is 9.78 Å². The van der Waals surface area contributed by atoms with Crippen LogP contribution in [0.15, 0.2) is 30.6 Å². The minimum absolute atomic E-state index is 0.279. The molecule has 174 valence electrons. The third-order valence-electron chi connectivity index (χ3n) is 7.13. The van der Waals surface area contributed by atoms with Crippen molar-refractivity contribution in [1.29, 1.82) is 0 Å². The molecule has 0 unspecified atom stereocenters. The summed E-state index contributed by atoms with van der Waals surface area (Å²) in [5.74, 6) is 2.20. The van der Waals surface area contributed by atoms with E-state index >= 15 is 0 Å². The van der Waals surface area contributed by atoms with Gasteiger partial charge in [-0.05, 0) is 57.7 Å². The smallest absolute Gasteiger partial charge is 0.225 e. The SMILES string of the molecule is COc1ncc(-c2ccc3ncc4nc(C)n(C5CCN(C(=O)C6CC6)CC5)c4c3n2)cc1C. The fourth-order valence-corrected chi connectivity index (χ4v) is 5.21. The van der Waals surface area contributed by atoms with E-state index in [0.717, 1.165) is 83.5 Å². The molecule has 2 fully saturated rings. The lowest BCUT2D eigenvalue weighted by Gasteiger charge is -2.33. The van der Waals surface area contributed by atoms with Gasteiger partial charge >= 0.3 is 0 Å². The van der Waals surface area contributed by atoms with E-state index in [4.69, 9.17) is 14.7 Å². The summed E-state index contributed by atoms with van der Waals surface area (Å²) in [6.07, 6.45) is 7.60. The quantitative estimate of drug-likeness (QED) is 0.457. The summed E-state index contributed by atoms with van der Waals surface area (Å²) >= 11 is 0. The van der Waals surface area contributed by atoms with Crippen molar-refractivity contribution < 1.29 is 9.53 Å². The third kappa shape index (κ3) is 3.48. The second-order valence-electron chi connectivity index (χ2n) is 9.47. The molecule has 5 heterocycles. The molecule has 8 heteroatoms. The molecule has 4 aromatic rings. The number of aryl methyl sites for hydroxylation is 2. The van der Waals surface area contributed by atoms with E-state index in [0.29, 0.717) is 11.8 Å². The van der Waals surface area contributed by atoms with Crippen LogP contribution in [0.25, 0.3) is 33.3 Å². The summed E-state index contributed by atoms with van der Waals surface area (Å²) in [6, 6.07) is 6.33. The Morgan fingerprint density at radius 3 is 2.50 bits per heavy atom. The van der Waals surface area contributed by atoms with Gasteiger partial charge in [-0.1, -0.05) is 0 Å². The van der Waals surface area contributed by atoms with E-state index in [1.807, 2.05) is 38.2 Å². The number of rotatable bonds is 4. The van der Waals surface area contributed by atoms with Crippen LogP contribution in [0.2, 0.25) is 0 Å². The first kappa shape index (κ1) is 21.0. The second kappa shape index (κ2) is 8.04. The van der Waals surface area contributed by atoms with Crippen LogP contribution >= 0.6 is 0 Å². The van der Waals surface area contributed by atoms with E-state index in [1.54, 1.807) is 13.3 Å². The number of aromatic nitrogens is 5. The Hall–Kier alpha value is -3.55. The van der Waals surface area contributed by atoms with Crippen LogP contribution in [0.4, 0.5) is 0 Å². The largest absolute Gasteiger partial charge is 0.481 e. The van der Waals surface area contributed by atoms with Crippen LogP contribution in [0.3, 0.4) is 0 Å². The van der Waals surface area contributed by atoms with Crippen molar-refractivity contribution in [2.75, 3.05) is 20.2 Å². The predicted molar refractivity (Wildman–Crippen MR) is 130 cm³/mol. The maximum absolute atomic E-state index is 12.5. The number of carbonyl (C=O) groups excluding carboxylic acids is 1. The van der Waals surface area contributed by atoms with E-state index in [2.05, 4.69) is 19.4 Å². The number of piperidine rings is 1. The number of imidazole rings is 1. The summed E-state index contributed by atoms with van der Waals surface area (Å²) < 4.78 is 7.64. The molecule has 6 rings (SSSR count). The average Bonchev–Trinajstić information content (AvgIpc) is 3.65. The lowest BCUT2D eigenvalue weighted by atomic mass is 10.0. The number of fused-ring (bicyclic) bond motifs is 3. The van der Waals surface area contributed by atoms with Crippen LogP contribution in [0.1, 0.15) is 43.1 Å². The van der Waals surface area contributed by atoms with E-state index in [-0.39, 0.29) is 12.0 Å². The number of ether oxygens (including phenoxy) is 1. The van der Waals surface area contributed by atoms with Crippen molar-refractivity contribution >= 4 is 28.0 Å². The average molecular weight is 457 g/mol. The van der Waals surface area contributed by atoms with Gasteiger partial charge < -0.3 is 14.2 Å². The maximum Gasteiger partial charge on any atom is 0.225 e. The van der Waals surface area contributed by atoms with Gasteiger partial charge in [0.15, 0.2) is 0 Å². The molecule has 0 N–H and O–H groups in total. The summed E-state index contributed by atoms with van der Waals surface area (Å²) in [5.41, 5.74) is 6.32. The van der Waals surface area contributed by atoms with Crippen molar-refractivity contribution in [1.82, 2.24) is 29.4 Å². The second-order valence-corrected chi connectivity index (χ2v) is 9.47. The monoisotopic (exact) mass is 456 g/mol. The highest BCUT2D eigenvalue weighted by Gasteiger charge is 2.35. The molecule has 4 aromatic heterocycles. The lowest BCUT2D eigenvalue weighted by Crippen LogP contribution is -2.40. The fourth-order valence-electron chi connectivity index (χ4n) is 5.21. The van der Waals surface area contributed by atoms with Gasteiger partial charge in [0.1, 0.15) is 16.9 Å². The van der Waals surface area contributed by atoms with E-state index < -0.39 is 0 Å². The molecule has 1 aliphatic heterocycles. The molecule has 1 saturated carbocycles. The Kier molecular flexibility index (Phi) is 4.97. The molecule has 0 aromatic carbocycles. The molecular formula is C26H28N6O2. The predicted octanol–water partition coefficient (Wildman–Crippen LogP) is 4.24. The van der Waals surface area contributed by atoms with Crippen molar-refractivity contribution in [3.63, 3.8) is 0 Å². The van der Waals surface area contributed by atoms with Crippen molar-refractivity contribution in [3.05, 3.63) is 42.0 Å². The molecule has 34 heavy (non-hydrogen) atoms. The molecule has 0 spiro atoms. The van der Waals surface area contributed by atoms with Gasteiger partial charge in [-0.2, -0.15) is 0 Å².